The number of nitrogens with two attached hydrogens (primary N) is 1. The Hall–Kier alpha value is -3.08. The molecule has 0 bridgehead atoms. The van der Waals surface area contributed by atoms with Crippen LogP contribution in [0.1, 0.15) is 58.1 Å². The van der Waals surface area contributed by atoms with E-state index in [1.54, 1.807) is 11.5 Å². The van der Waals surface area contributed by atoms with Gasteiger partial charge in [0, 0.05) is 5.39 Å². The normalized spacial score (nSPS) is 21.0. The molecule has 6 rings (SSSR count). The number of nitrogens with one attached hydrogen (secondary N) is 1. The third-order valence-electron chi connectivity index (χ3n) is 7.63. The first-order valence-corrected chi connectivity index (χ1v) is 15.9. The van der Waals surface area contributed by atoms with Gasteiger partial charge in [-0.05, 0) is 68.5 Å². The number of hydrogen-bond acceptors (Lipinski definition) is 10. The van der Waals surface area contributed by atoms with Gasteiger partial charge in [0.25, 0.3) is 0 Å². The molecule has 1 aliphatic carbocycles. The Morgan fingerprint density at radius 3 is 2.81 bits per heavy atom. The van der Waals surface area contributed by atoms with Gasteiger partial charge in [-0.25, -0.2) is 20.0 Å². The summed E-state index contributed by atoms with van der Waals surface area (Å²) >= 11 is 6.44. The molecule has 42 heavy (non-hydrogen) atoms. The van der Waals surface area contributed by atoms with E-state index in [9.17, 15) is 4.79 Å². The average Bonchev–Trinajstić information content (AvgIpc) is 3.60. The maximum absolute atomic E-state index is 13.0. The number of benzene rings is 2. The fraction of sp³-hybridized carbons (Fsp3) is 0.448. The van der Waals surface area contributed by atoms with E-state index < -0.39 is 14.6 Å². The number of fused-ring (bicyclic) bond motifs is 2. The third kappa shape index (κ3) is 6.45. The summed E-state index contributed by atoms with van der Waals surface area (Å²) in [5.41, 5.74) is 6.92. The Balaban J connectivity index is 1.14. The standard InChI is InChI=1S/C29H34ClN6O5P/c1-18(28(37)40-20-10-3-2-4-11-20)35-42(41-23-13-7-9-19-8-5-6-12-22(19)23)38-16-21-14-15-24(39-21)36-27-25(34-29(36)30)26(31)32-17-33-27/h5-9,12-13,17-18,20-21,24,35H,2-4,10-11,14-16H2,1H3,(H2,31,32,33). The molecule has 4 unspecified atom stereocenters. The van der Waals surface area contributed by atoms with Crippen molar-refractivity contribution in [2.45, 2.75) is 76.3 Å². The molecule has 0 amide bonds. The zero-order chi connectivity index (χ0) is 29.1. The summed E-state index contributed by atoms with van der Waals surface area (Å²) in [5.74, 6) is 0.621. The lowest BCUT2D eigenvalue weighted by molar-refractivity contribution is -0.152. The Morgan fingerprint density at radius 1 is 1.14 bits per heavy atom. The van der Waals surface area contributed by atoms with Gasteiger partial charge in [0.15, 0.2) is 17.0 Å². The zero-order valence-corrected chi connectivity index (χ0v) is 25.0. The van der Waals surface area contributed by atoms with Crippen molar-refractivity contribution in [2.24, 2.45) is 0 Å². The molecule has 1 aliphatic heterocycles. The molecule has 4 aromatic rings. The van der Waals surface area contributed by atoms with Gasteiger partial charge in [0.2, 0.25) is 5.28 Å². The van der Waals surface area contributed by atoms with Gasteiger partial charge in [-0.1, -0.05) is 42.8 Å². The largest absolute Gasteiger partial charge is 0.461 e. The van der Waals surface area contributed by atoms with Crippen LogP contribution in [0.4, 0.5) is 5.82 Å². The molecule has 2 fully saturated rings. The number of carbonyl (C=O) groups excluding carboxylic acids is 1. The Bertz CT molecular complexity index is 1540. The number of imidazole rings is 1. The molecule has 0 radical (unpaired) electrons. The van der Waals surface area contributed by atoms with Crippen molar-refractivity contribution in [2.75, 3.05) is 12.3 Å². The number of esters is 1. The van der Waals surface area contributed by atoms with Gasteiger partial charge in [0.05, 0.1) is 12.7 Å². The number of halogens is 1. The molecule has 1 saturated heterocycles. The number of carbonyl (C=O) groups is 1. The topological polar surface area (TPSA) is 136 Å². The molecule has 2 aromatic heterocycles. The Labute approximate surface area is 250 Å². The molecule has 222 valence electrons. The number of rotatable bonds is 10. The Morgan fingerprint density at radius 2 is 1.95 bits per heavy atom. The number of hydrogen-bond donors (Lipinski definition) is 2. The number of anilines is 1. The maximum atomic E-state index is 13.0. The molecule has 3 N–H and O–H groups in total. The van der Waals surface area contributed by atoms with Crippen LogP contribution in [0.25, 0.3) is 21.9 Å². The molecular formula is C29H34ClN6O5P. The third-order valence-corrected chi connectivity index (χ3v) is 9.24. The van der Waals surface area contributed by atoms with Crippen LogP contribution in [0.15, 0.2) is 48.8 Å². The van der Waals surface area contributed by atoms with Crippen molar-refractivity contribution in [3.05, 3.63) is 54.1 Å². The lowest BCUT2D eigenvalue weighted by atomic mass is 9.98. The second-order valence-electron chi connectivity index (χ2n) is 10.6. The van der Waals surface area contributed by atoms with E-state index in [0.717, 1.165) is 42.9 Å². The maximum Gasteiger partial charge on any atom is 0.323 e. The molecule has 2 aliphatic rings. The quantitative estimate of drug-likeness (QED) is 0.123. The van der Waals surface area contributed by atoms with Crippen molar-refractivity contribution >= 4 is 53.9 Å². The summed E-state index contributed by atoms with van der Waals surface area (Å²) in [6.07, 6.45) is 7.31. The molecule has 3 heterocycles. The predicted molar refractivity (Wildman–Crippen MR) is 161 cm³/mol. The highest BCUT2D eigenvalue weighted by Gasteiger charge is 2.32. The summed E-state index contributed by atoms with van der Waals surface area (Å²) in [6, 6.07) is 13.2. The van der Waals surface area contributed by atoms with Crippen LogP contribution in [0, 0.1) is 0 Å². The predicted octanol–water partition coefficient (Wildman–Crippen LogP) is 6.07. The highest BCUT2D eigenvalue weighted by Crippen LogP contribution is 2.41. The van der Waals surface area contributed by atoms with E-state index in [2.05, 4.69) is 20.0 Å². The van der Waals surface area contributed by atoms with Crippen molar-refractivity contribution in [3.8, 4) is 5.75 Å². The van der Waals surface area contributed by atoms with Crippen molar-refractivity contribution < 1.29 is 23.3 Å². The molecule has 13 heteroatoms. The fourth-order valence-electron chi connectivity index (χ4n) is 5.42. The van der Waals surface area contributed by atoms with Crippen LogP contribution in [-0.4, -0.2) is 50.3 Å². The fourth-order valence-corrected chi connectivity index (χ4v) is 6.93. The minimum atomic E-state index is -1.73. The average molecular weight is 613 g/mol. The SMILES string of the molecule is CC(NP(OCC1CCC(n2c(Cl)nc3c(N)ncnc32)O1)Oc1cccc2ccccc12)C(=O)OC1CCCCC1. The van der Waals surface area contributed by atoms with Crippen LogP contribution in [-0.2, 0) is 18.8 Å². The van der Waals surface area contributed by atoms with Crippen LogP contribution >= 0.6 is 20.1 Å². The van der Waals surface area contributed by atoms with Crippen LogP contribution in [0.5, 0.6) is 5.75 Å². The summed E-state index contributed by atoms with van der Waals surface area (Å²) in [4.78, 5) is 25.6. The lowest BCUT2D eigenvalue weighted by Gasteiger charge is -2.26. The molecule has 1 saturated carbocycles. The molecule has 11 nitrogen and oxygen atoms in total. The smallest absolute Gasteiger partial charge is 0.323 e. The number of nitrogens with zero attached hydrogens (tertiary/aromatic N) is 4. The summed E-state index contributed by atoms with van der Waals surface area (Å²) in [7, 11) is -1.73. The molecule has 4 atom stereocenters. The van der Waals surface area contributed by atoms with E-state index in [1.807, 2.05) is 42.5 Å². The second kappa shape index (κ2) is 13.1. The van der Waals surface area contributed by atoms with E-state index >= 15 is 0 Å². The first kappa shape index (κ1) is 29.0. The lowest BCUT2D eigenvalue weighted by Crippen LogP contribution is -2.36. The van der Waals surface area contributed by atoms with Gasteiger partial charge >= 0.3 is 14.5 Å². The summed E-state index contributed by atoms with van der Waals surface area (Å²) < 4.78 is 26.5. The van der Waals surface area contributed by atoms with Gasteiger partial charge in [-0.3, -0.25) is 9.36 Å². The van der Waals surface area contributed by atoms with E-state index in [0.29, 0.717) is 23.3 Å². The monoisotopic (exact) mass is 612 g/mol. The first-order chi connectivity index (χ1) is 20.5. The number of ether oxygens (including phenoxy) is 2. The number of aromatic nitrogens is 4. The van der Waals surface area contributed by atoms with Crippen LogP contribution in [0.3, 0.4) is 0 Å². The highest BCUT2D eigenvalue weighted by atomic mass is 35.5. The highest BCUT2D eigenvalue weighted by molar-refractivity contribution is 7.45. The van der Waals surface area contributed by atoms with Gasteiger partial charge in [0.1, 0.15) is 30.5 Å². The van der Waals surface area contributed by atoms with Crippen molar-refractivity contribution in [1.29, 1.82) is 0 Å². The van der Waals surface area contributed by atoms with Crippen LogP contribution < -0.4 is 15.3 Å². The molecule has 2 aromatic carbocycles. The Kier molecular flexibility index (Phi) is 9.02. The summed E-state index contributed by atoms with van der Waals surface area (Å²) in [5, 5.41) is 5.48. The minimum absolute atomic E-state index is 0.0304. The van der Waals surface area contributed by atoms with E-state index in [1.165, 1.54) is 12.7 Å². The van der Waals surface area contributed by atoms with E-state index in [-0.39, 0.29) is 42.1 Å². The first-order valence-electron chi connectivity index (χ1n) is 14.3. The van der Waals surface area contributed by atoms with Crippen molar-refractivity contribution in [1.82, 2.24) is 24.6 Å². The summed E-state index contributed by atoms with van der Waals surface area (Å²) in [6.45, 7) is 2.02. The van der Waals surface area contributed by atoms with Gasteiger partial charge in [-0.15, -0.1) is 0 Å². The van der Waals surface area contributed by atoms with E-state index in [4.69, 9.17) is 35.9 Å². The van der Waals surface area contributed by atoms with Gasteiger partial charge in [-0.2, -0.15) is 0 Å². The minimum Gasteiger partial charge on any atom is -0.461 e. The van der Waals surface area contributed by atoms with Crippen molar-refractivity contribution in [3.63, 3.8) is 0 Å². The number of nitrogen functional groups attached to an aromatic ring is 1. The zero-order valence-electron chi connectivity index (χ0n) is 23.3. The second-order valence-corrected chi connectivity index (χ2v) is 12.2. The van der Waals surface area contributed by atoms with Gasteiger partial charge < -0.3 is 24.3 Å². The molecular weight excluding hydrogens is 579 g/mol. The molecule has 0 spiro atoms. The van der Waals surface area contributed by atoms with Crippen LogP contribution in [0.2, 0.25) is 5.28 Å².